The van der Waals surface area contributed by atoms with E-state index in [4.69, 9.17) is 0 Å². The van der Waals surface area contributed by atoms with Crippen LogP contribution in [0.5, 0.6) is 0 Å². The van der Waals surface area contributed by atoms with Crippen LogP contribution in [-0.2, 0) is 11.8 Å². The molecule has 4 fully saturated rings. The highest BCUT2D eigenvalue weighted by molar-refractivity contribution is 6.43. The Morgan fingerprint density at radius 3 is 2.41 bits per heavy atom. The van der Waals surface area contributed by atoms with E-state index in [9.17, 15) is 23.9 Å². The molecule has 9 heteroatoms. The first-order valence-corrected chi connectivity index (χ1v) is 11.7. The molecule has 8 nitrogen and oxygen atoms in total. The molecule has 4 atom stereocenters. The Morgan fingerprint density at radius 2 is 1.82 bits per heavy atom. The fourth-order valence-corrected chi connectivity index (χ4v) is 7.04. The number of pyridine rings is 1. The second-order valence-electron chi connectivity index (χ2n) is 10.6. The first-order valence-electron chi connectivity index (χ1n) is 11.7. The Morgan fingerprint density at radius 1 is 1.15 bits per heavy atom. The molecule has 2 heterocycles. The van der Waals surface area contributed by atoms with E-state index in [1.54, 1.807) is 25.5 Å². The first-order chi connectivity index (χ1) is 16.0. The lowest BCUT2D eigenvalue weighted by Gasteiger charge is -2.60. The van der Waals surface area contributed by atoms with Gasteiger partial charge in [-0.15, -0.1) is 0 Å². The zero-order valence-corrected chi connectivity index (χ0v) is 19.6. The lowest BCUT2D eigenvalue weighted by molar-refractivity contribution is -0.149. The summed E-state index contributed by atoms with van der Waals surface area (Å²) in [4.78, 5) is 42.9. The summed E-state index contributed by atoms with van der Waals surface area (Å²) in [6.45, 7) is 3.34. The van der Waals surface area contributed by atoms with Crippen molar-refractivity contribution in [1.29, 1.82) is 0 Å². The number of aromatic nitrogens is 2. The van der Waals surface area contributed by atoms with Crippen LogP contribution in [0, 0.1) is 31.6 Å². The summed E-state index contributed by atoms with van der Waals surface area (Å²) in [7, 11) is 1.65. The molecule has 0 radical (unpaired) electrons. The third-order valence-corrected chi connectivity index (χ3v) is 7.97. The molecule has 180 valence electrons. The predicted octanol–water partition coefficient (Wildman–Crippen LogP) is 2.81. The molecule has 0 spiro atoms. The molecule has 4 aliphatic carbocycles. The number of carbonyl (C=O) groups is 3. The lowest BCUT2D eigenvalue weighted by atomic mass is 9.51. The van der Waals surface area contributed by atoms with Crippen LogP contribution < -0.4 is 10.6 Å². The van der Waals surface area contributed by atoms with Crippen molar-refractivity contribution < 1.29 is 23.9 Å². The van der Waals surface area contributed by atoms with E-state index in [1.807, 2.05) is 0 Å². The number of halogens is 1. The molecule has 4 saturated carbocycles. The number of hydrogen-bond acceptors (Lipinski definition) is 5. The maximum Gasteiger partial charge on any atom is 0.294 e. The van der Waals surface area contributed by atoms with E-state index in [2.05, 4.69) is 15.6 Å². The fraction of sp³-hybridized carbons (Fsp3) is 0.520. The molecule has 0 aliphatic heterocycles. The molecule has 2 aromatic rings. The zero-order chi connectivity index (χ0) is 24.4. The van der Waals surface area contributed by atoms with Crippen molar-refractivity contribution in [2.24, 2.45) is 18.9 Å². The Hall–Kier alpha value is -3.07. The van der Waals surface area contributed by atoms with Crippen LogP contribution in [0.1, 0.15) is 70.6 Å². The van der Waals surface area contributed by atoms with E-state index in [0.717, 1.165) is 38.2 Å². The minimum atomic E-state index is -0.752. The van der Waals surface area contributed by atoms with E-state index >= 15 is 0 Å². The Labute approximate surface area is 196 Å². The summed E-state index contributed by atoms with van der Waals surface area (Å²) in [6, 6.07) is 2.54. The third-order valence-electron chi connectivity index (χ3n) is 7.97. The van der Waals surface area contributed by atoms with Crippen molar-refractivity contribution in [2.45, 2.75) is 63.5 Å². The number of rotatable bonds is 5. The highest BCUT2D eigenvalue weighted by Gasteiger charge is 2.58. The predicted molar refractivity (Wildman–Crippen MR) is 122 cm³/mol. The zero-order valence-electron chi connectivity index (χ0n) is 19.6. The number of carbonyl (C=O) groups excluding carboxylic acids is 3. The van der Waals surface area contributed by atoms with E-state index in [1.165, 1.54) is 12.3 Å². The highest BCUT2D eigenvalue weighted by atomic mass is 19.1. The average molecular weight is 469 g/mol. The maximum atomic E-state index is 13.3. The molecule has 0 unspecified atom stereocenters. The Kier molecular flexibility index (Phi) is 5.16. The minimum Gasteiger partial charge on any atom is -0.390 e. The lowest BCUT2D eigenvalue weighted by Crippen LogP contribution is -2.66. The van der Waals surface area contributed by atoms with Crippen LogP contribution in [-0.4, -0.2) is 43.4 Å². The number of nitrogens with one attached hydrogen (secondary N) is 2. The van der Waals surface area contributed by atoms with Crippen molar-refractivity contribution in [3.05, 3.63) is 46.8 Å². The van der Waals surface area contributed by atoms with Gasteiger partial charge in [-0.3, -0.25) is 14.4 Å². The standard InChI is InChI=1S/C25H29FN4O4/c1-13-19(22(32)28-17-4-5-18(26)27-11-17)14(2)30(3)20(13)21(31)23(33)29-24-7-15-6-16(8-24)10-25(34,9-15)12-24/h4-5,11,15-16,34H,6-10,12H2,1-3H3,(H,28,32)(H,29,33)/t15-,16+,24+,25-. The number of aliphatic hydroxyl groups is 1. The average Bonchev–Trinajstić information content (AvgIpc) is 2.95. The molecule has 6 rings (SSSR count). The fourth-order valence-electron chi connectivity index (χ4n) is 7.04. The highest BCUT2D eigenvalue weighted by Crippen LogP contribution is 2.57. The molecule has 0 saturated heterocycles. The molecule has 3 N–H and O–H groups in total. The molecule has 4 aliphatic rings. The van der Waals surface area contributed by atoms with Gasteiger partial charge in [0, 0.05) is 18.3 Å². The van der Waals surface area contributed by atoms with Gasteiger partial charge in [0.2, 0.25) is 5.95 Å². The number of anilines is 1. The van der Waals surface area contributed by atoms with Gasteiger partial charge in [-0.25, -0.2) is 4.98 Å². The van der Waals surface area contributed by atoms with Gasteiger partial charge >= 0.3 is 0 Å². The van der Waals surface area contributed by atoms with Crippen LogP contribution >= 0.6 is 0 Å². The van der Waals surface area contributed by atoms with Crippen LogP contribution in [0.25, 0.3) is 0 Å². The van der Waals surface area contributed by atoms with Gasteiger partial charge in [-0.2, -0.15) is 4.39 Å². The van der Waals surface area contributed by atoms with Gasteiger partial charge in [0.25, 0.3) is 17.6 Å². The van der Waals surface area contributed by atoms with Crippen molar-refractivity contribution >= 4 is 23.3 Å². The van der Waals surface area contributed by atoms with Gasteiger partial charge in [0.05, 0.1) is 28.7 Å². The monoisotopic (exact) mass is 468 g/mol. The van der Waals surface area contributed by atoms with Gasteiger partial charge in [-0.1, -0.05) is 0 Å². The van der Waals surface area contributed by atoms with E-state index in [0.29, 0.717) is 35.2 Å². The number of amides is 2. The first kappa shape index (κ1) is 22.7. The van der Waals surface area contributed by atoms with Crippen LogP contribution in [0.15, 0.2) is 18.3 Å². The second kappa shape index (κ2) is 7.73. The van der Waals surface area contributed by atoms with Crippen molar-refractivity contribution in [3.63, 3.8) is 0 Å². The molecule has 34 heavy (non-hydrogen) atoms. The van der Waals surface area contributed by atoms with Gasteiger partial charge < -0.3 is 20.3 Å². The van der Waals surface area contributed by atoms with Gasteiger partial charge in [-0.05, 0) is 81.9 Å². The molecule has 0 aromatic carbocycles. The third kappa shape index (κ3) is 3.72. The smallest absolute Gasteiger partial charge is 0.294 e. The van der Waals surface area contributed by atoms with E-state index in [-0.39, 0.29) is 11.3 Å². The summed E-state index contributed by atoms with van der Waals surface area (Å²) < 4.78 is 14.6. The maximum absolute atomic E-state index is 13.3. The molecule has 2 aromatic heterocycles. The minimum absolute atomic E-state index is 0.154. The number of nitrogens with zero attached hydrogens (tertiary/aromatic N) is 2. The normalized spacial score (nSPS) is 29.2. The van der Waals surface area contributed by atoms with Crippen LogP contribution in [0.4, 0.5) is 10.1 Å². The quantitative estimate of drug-likeness (QED) is 0.355. The van der Waals surface area contributed by atoms with Gasteiger partial charge in [0.1, 0.15) is 0 Å². The molecular formula is C25H29FN4O4. The topological polar surface area (TPSA) is 113 Å². The van der Waals surface area contributed by atoms with Gasteiger partial charge in [0.15, 0.2) is 0 Å². The van der Waals surface area contributed by atoms with Crippen molar-refractivity contribution in [2.75, 3.05) is 5.32 Å². The summed E-state index contributed by atoms with van der Waals surface area (Å²) in [6.07, 6.45) is 5.88. The summed E-state index contributed by atoms with van der Waals surface area (Å²) in [5.74, 6) is -1.79. The molecule has 4 bridgehead atoms. The summed E-state index contributed by atoms with van der Waals surface area (Å²) in [5.41, 5.74) is 0.392. The van der Waals surface area contributed by atoms with Crippen LogP contribution in [0.3, 0.4) is 0 Å². The van der Waals surface area contributed by atoms with Crippen molar-refractivity contribution in [3.8, 4) is 0 Å². The number of hydrogen-bond donors (Lipinski definition) is 3. The molecule has 2 amide bonds. The second-order valence-corrected chi connectivity index (χ2v) is 10.6. The summed E-state index contributed by atoms with van der Waals surface area (Å²) >= 11 is 0. The van der Waals surface area contributed by atoms with Crippen molar-refractivity contribution in [1.82, 2.24) is 14.9 Å². The summed E-state index contributed by atoms with van der Waals surface area (Å²) in [5, 5.41) is 16.6. The largest absolute Gasteiger partial charge is 0.390 e. The van der Waals surface area contributed by atoms with Crippen LogP contribution in [0.2, 0.25) is 0 Å². The number of Topliss-reactive ketones (excluding diaryl/α,β-unsaturated/α-hetero) is 1. The Bertz CT molecular complexity index is 1190. The SMILES string of the molecule is Cc1c(C(=O)Nc2ccc(F)nc2)c(C)n(C)c1C(=O)C(=O)N[C@@]12C[C@@H]3C[C@@H](C[C@@](O)(C3)C1)C2. The Balaban J connectivity index is 1.37. The number of ketones is 1. The van der Waals surface area contributed by atoms with E-state index < -0.39 is 34.7 Å². The molecular weight excluding hydrogens is 439 g/mol.